The predicted molar refractivity (Wildman–Crippen MR) is 120 cm³/mol. The number of carbonyl (C=O) groups excluding carboxylic acids is 1. The number of nitrogens with one attached hydrogen (secondary N) is 1. The van der Waals surface area contributed by atoms with Crippen LogP contribution in [0.1, 0.15) is 60.2 Å². The minimum Gasteiger partial charge on any atom is -0.489 e. The summed E-state index contributed by atoms with van der Waals surface area (Å²) in [4.78, 5) is 12.5. The molecule has 0 aliphatic carbocycles. The molecule has 0 spiro atoms. The second kappa shape index (κ2) is 9.92. The Morgan fingerprint density at radius 1 is 0.862 bits per heavy atom. The maximum Gasteiger partial charge on any atom is 0.255 e. The zero-order valence-electron chi connectivity index (χ0n) is 17.4. The van der Waals surface area contributed by atoms with Gasteiger partial charge < -0.3 is 10.1 Å². The van der Waals surface area contributed by atoms with Crippen molar-refractivity contribution in [3.63, 3.8) is 0 Å². The van der Waals surface area contributed by atoms with Crippen molar-refractivity contribution in [1.82, 2.24) is 0 Å². The number of anilines is 1. The van der Waals surface area contributed by atoms with Crippen LogP contribution in [0.3, 0.4) is 0 Å². The molecule has 150 valence electrons. The first-order chi connectivity index (χ1) is 14.1. The molecule has 1 N–H and O–H groups in total. The molecule has 3 rings (SSSR count). The lowest BCUT2D eigenvalue weighted by molar-refractivity contribution is 0.102. The van der Waals surface area contributed by atoms with Crippen molar-refractivity contribution in [2.45, 2.75) is 46.1 Å². The van der Waals surface area contributed by atoms with Crippen LogP contribution in [-0.2, 0) is 13.0 Å². The number of amides is 1. The number of rotatable bonds is 8. The van der Waals surface area contributed by atoms with E-state index in [1.807, 2.05) is 48.5 Å². The van der Waals surface area contributed by atoms with E-state index < -0.39 is 0 Å². The van der Waals surface area contributed by atoms with Crippen molar-refractivity contribution >= 4 is 11.6 Å². The van der Waals surface area contributed by atoms with Crippen LogP contribution >= 0.6 is 0 Å². The molecule has 3 aromatic rings. The summed E-state index contributed by atoms with van der Waals surface area (Å²) < 4.78 is 5.83. The first-order valence-electron chi connectivity index (χ1n) is 10.3. The second-order valence-electron chi connectivity index (χ2n) is 7.37. The topological polar surface area (TPSA) is 38.3 Å². The Balaban J connectivity index is 1.55. The zero-order valence-corrected chi connectivity index (χ0v) is 17.4. The second-order valence-corrected chi connectivity index (χ2v) is 7.37. The highest BCUT2D eigenvalue weighted by atomic mass is 16.5. The van der Waals surface area contributed by atoms with E-state index in [9.17, 15) is 4.79 Å². The molecule has 3 aromatic carbocycles. The molecule has 0 radical (unpaired) electrons. The van der Waals surface area contributed by atoms with Crippen LogP contribution in [0.25, 0.3) is 0 Å². The third-order valence-corrected chi connectivity index (χ3v) is 5.30. The number of aryl methyl sites for hydroxylation is 1. The molecule has 3 nitrogen and oxygen atoms in total. The van der Waals surface area contributed by atoms with Crippen LogP contribution in [0, 0.1) is 0 Å². The Morgan fingerprint density at radius 3 is 2.07 bits per heavy atom. The fraction of sp³-hybridized carbons (Fsp3) is 0.269. The monoisotopic (exact) mass is 387 g/mol. The van der Waals surface area contributed by atoms with E-state index in [-0.39, 0.29) is 5.91 Å². The summed E-state index contributed by atoms with van der Waals surface area (Å²) in [5.74, 6) is 1.27. The van der Waals surface area contributed by atoms with E-state index in [4.69, 9.17) is 4.74 Å². The van der Waals surface area contributed by atoms with Gasteiger partial charge in [0.05, 0.1) is 0 Å². The Morgan fingerprint density at radius 2 is 1.48 bits per heavy atom. The third-order valence-electron chi connectivity index (χ3n) is 5.30. The summed E-state index contributed by atoms with van der Waals surface area (Å²) in [5, 5.41) is 2.96. The molecule has 0 bridgehead atoms. The molecule has 0 aliphatic heterocycles. The minimum absolute atomic E-state index is 0.107. The Hall–Kier alpha value is -3.07. The van der Waals surface area contributed by atoms with E-state index in [1.54, 1.807) is 0 Å². The summed E-state index contributed by atoms with van der Waals surface area (Å²) in [6, 6.07) is 23.8. The molecule has 29 heavy (non-hydrogen) atoms. The fourth-order valence-electron chi connectivity index (χ4n) is 3.07. The lowest BCUT2D eigenvalue weighted by Gasteiger charge is -2.11. The number of hydrogen-bond acceptors (Lipinski definition) is 2. The molecule has 0 fully saturated rings. The smallest absolute Gasteiger partial charge is 0.255 e. The summed E-state index contributed by atoms with van der Waals surface area (Å²) in [6.07, 6.45) is 2.12. The Bertz CT molecular complexity index is 912. The largest absolute Gasteiger partial charge is 0.489 e. The molecule has 0 saturated heterocycles. The average Bonchev–Trinajstić information content (AvgIpc) is 2.78. The van der Waals surface area contributed by atoms with Gasteiger partial charge in [-0.1, -0.05) is 57.2 Å². The summed E-state index contributed by atoms with van der Waals surface area (Å²) in [7, 11) is 0. The minimum atomic E-state index is -0.107. The number of carbonyl (C=O) groups is 1. The highest BCUT2D eigenvalue weighted by Crippen LogP contribution is 2.21. The van der Waals surface area contributed by atoms with Crippen LogP contribution in [0.2, 0.25) is 0 Å². The van der Waals surface area contributed by atoms with Crippen molar-refractivity contribution in [2.24, 2.45) is 0 Å². The molecule has 3 heteroatoms. The number of ether oxygens (including phenoxy) is 1. The maximum absolute atomic E-state index is 12.5. The molecule has 0 heterocycles. The van der Waals surface area contributed by atoms with Crippen molar-refractivity contribution in [2.75, 3.05) is 5.32 Å². The molecule has 1 amide bonds. The first kappa shape index (κ1) is 20.7. The molecular formula is C26H29NO2. The Labute approximate surface area is 173 Å². The van der Waals surface area contributed by atoms with Crippen molar-refractivity contribution in [3.05, 3.63) is 95.1 Å². The van der Waals surface area contributed by atoms with Gasteiger partial charge in [0.15, 0.2) is 0 Å². The van der Waals surface area contributed by atoms with Gasteiger partial charge in [0, 0.05) is 11.3 Å². The van der Waals surface area contributed by atoms with Gasteiger partial charge in [-0.15, -0.1) is 0 Å². The van der Waals surface area contributed by atoms with E-state index in [1.165, 1.54) is 11.1 Å². The standard InChI is InChI=1S/C26H29NO2/c1-4-19(3)22-12-14-24(15-13-22)27-26(28)23-10-6-21(7-11-23)18-29-25-16-8-20(5-2)9-17-25/h6-17,19H,4-5,18H2,1-3H3,(H,27,28)/t19-/m0/s1. The Kier molecular flexibility index (Phi) is 7.07. The van der Waals surface area contributed by atoms with Crippen molar-refractivity contribution in [3.8, 4) is 5.75 Å². The highest BCUT2D eigenvalue weighted by Gasteiger charge is 2.08. The van der Waals surface area contributed by atoms with Crippen LogP contribution in [-0.4, -0.2) is 5.91 Å². The summed E-state index contributed by atoms with van der Waals surface area (Å²) >= 11 is 0. The first-order valence-corrected chi connectivity index (χ1v) is 10.3. The predicted octanol–water partition coefficient (Wildman–Crippen LogP) is 6.59. The van der Waals surface area contributed by atoms with Gasteiger partial charge in [-0.3, -0.25) is 4.79 Å². The quantitative estimate of drug-likeness (QED) is 0.473. The van der Waals surface area contributed by atoms with Crippen molar-refractivity contribution < 1.29 is 9.53 Å². The van der Waals surface area contributed by atoms with Crippen LogP contribution in [0.4, 0.5) is 5.69 Å². The third kappa shape index (κ3) is 5.71. The number of hydrogen-bond donors (Lipinski definition) is 1. The van der Waals surface area contributed by atoms with Gasteiger partial charge in [0.25, 0.3) is 5.91 Å². The SMILES string of the molecule is CCc1ccc(OCc2ccc(C(=O)Nc3ccc([C@@H](C)CC)cc3)cc2)cc1. The molecular weight excluding hydrogens is 358 g/mol. The summed E-state index contributed by atoms with van der Waals surface area (Å²) in [6.45, 7) is 7.00. The van der Waals surface area contributed by atoms with Gasteiger partial charge in [-0.25, -0.2) is 0 Å². The summed E-state index contributed by atoms with van der Waals surface area (Å²) in [5.41, 5.74) is 5.05. The van der Waals surface area contributed by atoms with Gasteiger partial charge in [-0.2, -0.15) is 0 Å². The lowest BCUT2D eigenvalue weighted by Crippen LogP contribution is -2.12. The maximum atomic E-state index is 12.5. The van der Waals surface area contributed by atoms with Crippen LogP contribution in [0.15, 0.2) is 72.8 Å². The van der Waals surface area contributed by atoms with Crippen LogP contribution < -0.4 is 10.1 Å². The average molecular weight is 388 g/mol. The van der Waals surface area contributed by atoms with Gasteiger partial charge >= 0.3 is 0 Å². The number of benzene rings is 3. The molecule has 0 aromatic heterocycles. The van der Waals surface area contributed by atoms with E-state index in [2.05, 4.69) is 50.4 Å². The molecule has 0 aliphatic rings. The van der Waals surface area contributed by atoms with Gasteiger partial charge in [-0.05, 0) is 71.8 Å². The normalized spacial score (nSPS) is 11.7. The molecule has 1 atom stereocenters. The lowest BCUT2D eigenvalue weighted by atomic mass is 9.98. The van der Waals surface area contributed by atoms with Gasteiger partial charge in [0.2, 0.25) is 0 Å². The van der Waals surface area contributed by atoms with Crippen LogP contribution in [0.5, 0.6) is 5.75 Å². The van der Waals surface area contributed by atoms with Gasteiger partial charge in [0.1, 0.15) is 12.4 Å². The van der Waals surface area contributed by atoms with E-state index >= 15 is 0 Å². The van der Waals surface area contributed by atoms with E-state index in [0.29, 0.717) is 18.1 Å². The molecule has 0 unspecified atom stereocenters. The highest BCUT2D eigenvalue weighted by molar-refractivity contribution is 6.04. The fourth-order valence-corrected chi connectivity index (χ4v) is 3.07. The molecule has 0 saturated carbocycles. The van der Waals surface area contributed by atoms with E-state index in [0.717, 1.165) is 29.8 Å². The zero-order chi connectivity index (χ0) is 20.6. The van der Waals surface area contributed by atoms with Crippen molar-refractivity contribution in [1.29, 1.82) is 0 Å².